The van der Waals surface area contributed by atoms with Crippen molar-refractivity contribution < 1.29 is 9.94 Å². The van der Waals surface area contributed by atoms with Gasteiger partial charge < -0.3 is 9.94 Å². The van der Waals surface area contributed by atoms with Crippen LogP contribution in [-0.2, 0) is 0 Å². The molecular weight excluding hydrogens is 262 g/mol. The third-order valence-electron chi connectivity index (χ3n) is 3.52. The summed E-state index contributed by atoms with van der Waals surface area (Å²) in [5.74, 6) is 0.799. The minimum Gasteiger partial charge on any atom is -0.492 e. The van der Waals surface area contributed by atoms with Crippen LogP contribution in [0.1, 0.15) is 39.7 Å². The second-order valence-electron chi connectivity index (χ2n) is 6.51. The molecule has 0 aliphatic heterocycles. The minimum atomic E-state index is 0.227. The monoisotopic (exact) mass is 285 g/mol. The standard InChI is InChI=1S/C18H23NO2/c1-13(19-20)15-10-9-14-7-5-6-8-16(14)17(15)21-12-11-18(2,3)4/h5-10,20H,11-12H2,1-4H3. The molecule has 0 amide bonds. The predicted octanol–water partition coefficient (Wildman–Crippen LogP) is 4.85. The first-order valence-electron chi connectivity index (χ1n) is 7.26. The first kappa shape index (κ1) is 15.4. The maximum Gasteiger partial charge on any atom is 0.136 e. The molecule has 0 spiro atoms. The Balaban J connectivity index is 2.41. The van der Waals surface area contributed by atoms with Crippen molar-refractivity contribution in [1.82, 2.24) is 0 Å². The van der Waals surface area contributed by atoms with E-state index in [9.17, 15) is 0 Å². The van der Waals surface area contributed by atoms with Gasteiger partial charge in [0, 0.05) is 10.9 Å². The number of hydrogen-bond donors (Lipinski definition) is 1. The van der Waals surface area contributed by atoms with E-state index in [1.54, 1.807) is 6.92 Å². The van der Waals surface area contributed by atoms with Gasteiger partial charge in [0.15, 0.2) is 0 Å². The van der Waals surface area contributed by atoms with E-state index in [1.165, 1.54) is 0 Å². The number of ether oxygens (including phenoxy) is 1. The highest BCUT2D eigenvalue weighted by Crippen LogP contribution is 2.31. The summed E-state index contributed by atoms with van der Waals surface area (Å²) in [4.78, 5) is 0. The molecule has 0 aromatic heterocycles. The molecule has 0 unspecified atom stereocenters. The summed E-state index contributed by atoms with van der Waals surface area (Å²) in [5.41, 5.74) is 1.63. The lowest BCUT2D eigenvalue weighted by Crippen LogP contribution is -2.12. The zero-order chi connectivity index (χ0) is 15.5. The number of rotatable bonds is 4. The van der Waals surface area contributed by atoms with Gasteiger partial charge in [0.2, 0.25) is 0 Å². The second kappa shape index (κ2) is 6.17. The molecule has 3 nitrogen and oxygen atoms in total. The van der Waals surface area contributed by atoms with Crippen molar-refractivity contribution in [2.24, 2.45) is 10.6 Å². The topological polar surface area (TPSA) is 41.8 Å². The fourth-order valence-electron chi connectivity index (χ4n) is 2.20. The van der Waals surface area contributed by atoms with Crippen molar-refractivity contribution >= 4 is 16.5 Å². The smallest absolute Gasteiger partial charge is 0.136 e. The van der Waals surface area contributed by atoms with Crippen LogP contribution in [-0.4, -0.2) is 17.5 Å². The van der Waals surface area contributed by atoms with Gasteiger partial charge >= 0.3 is 0 Å². The van der Waals surface area contributed by atoms with Crippen molar-refractivity contribution in [2.75, 3.05) is 6.61 Å². The van der Waals surface area contributed by atoms with Crippen LogP contribution in [0, 0.1) is 5.41 Å². The van der Waals surface area contributed by atoms with E-state index in [1.807, 2.05) is 30.3 Å². The molecule has 21 heavy (non-hydrogen) atoms. The van der Waals surface area contributed by atoms with E-state index in [2.05, 4.69) is 32.0 Å². The van der Waals surface area contributed by atoms with Crippen LogP contribution in [0.15, 0.2) is 41.6 Å². The summed E-state index contributed by atoms with van der Waals surface area (Å²) in [6.07, 6.45) is 0.963. The fourth-order valence-corrected chi connectivity index (χ4v) is 2.20. The van der Waals surface area contributed by atoms with E-state index in [4.69, 9.17) is 9.94 Å². The normalized spacial score (nSPS) is 12.7. The summed E-state index contributed by atoms with van der Waals surface area (Å²) in [6.45, 7) is 9.01. The van der Waals surface area contributed by atoms with Gasteiger partial charge in [-0.05, 0) is 30.2 Å². The Bertz CT molecular complexity index is 654. The van der Waals surface area contributed by atoms with E-state index in [-0.39, 0.29) is 5.41 Å². The first-order chi connectivity index (χ1) is 9.92. The Kier molecular flexibility index (Phi) is 4.51. The van der Waals surface area contributed by atoms with Crippen LogP contribution in [0.4, 0.5) is 0 Å². The number of oxime groups is 1. The molecule has 0 heterocycles. The average molecular weight is 285 g/mol. The van der Waals surface area contributed by atoms with Crippen LogP contribution in [0.25, 0.3) is 10.8 Å². The van der Waals surface area contributed by atoms with Crippen LogP contribution in [0.3, 0.4) is 0 Å². The molecular formula is C18H23NO2. The zero-order valence-electron chi connectivity index (χ0n) is 13.2. The lowest BCUT2D eigenvalue weighted by Gasteiger charge is -2.20. The van der Waals surface area contributed by atoms with Crippen molar-refractivity contribution in [3.8, 4) is 5.75 Å². The van der Waals surface area contributed by atoms with E-state index < -0.39 is 0 Å². The summed E-state index contributed by atoms with van der Waals surface area (Å²) in [7, 11) is 0. The Morgan fingerprint density at radius 3 is 2.52 bits per heavy atom. The van der Waals surface area contributed by atoms with Gasteiger partial charge in [0.05, 0.1) is 12.3 Å². The average Bonchev–Trinajstić information content (AvgIpc) is 2.45. The molecule has 0 radical (unpaired) electrons. The van der Waals surface area contributed by atoms with E-state index in [0.29, 0.717) is 12.3 Å². The highest BCUT2D eigenvalue weighted by Gasteiger charge is 2.14. The summed E-state index contributed by atoms with van der Waals surface area (Å²) in [5, 5.41) is 14.6. The molecule has 2 aromatic carbocycles. The van der Waals surface area contributed by atoms with Crippen molar-refractivity contribution in [3.05, 3.63) is 42.0 Å². The second-order valence-corrected chi connectivity index (χ2v) is 6.51. The van der Waals surface area contributed by atoms with E-state index >= 15 is 0 Å². The predicted molar refractivity (Wildman–Crippen MR) is 87.5 cm³/mol. The van der Waals surface area contributed by atoms with Gasteiger partial charge in [0.25, 0.3) is 0 Å². The molecule has 0 atom stereocenters. The minimum absolute atomic E-state index is 0.227. The Labute approximate surface area is 126 Å². The highest BCUT2D eigenvalue weighted by atomic mass is 16.5. The maximum atomic E-state index is 9.07. The van der Waals surface area contributed by atoms with Gasteiger partial charge in [-0.3, -0.25) is 0 Å². The molecule has 3 heteroatoms. The Morgan fingerprint density at radius 2 is 1.86 bits per heavy atom. The third kappa shape index (κ3) is 3.75. The van der Waals surface area contributed by atoms with Crippen molar-refractivity contribution in [1.29, 1.82) is 0 Å². The lowest BCUT2D eigenvalue weighted by molar-refractivity contribution is 0.244. The lowest BCUT2D eigenvalue weighted by atomic mass is 9.93. The van der Waals surface area contributed by atoms with Gasteiger partial charge in [-0.15, -0.1) is 0 Å². The highest BCUT2D eigenvalue weighted by molar-refractivity contribution is 6.06. The van der Waals surface area contributed by atoms with Gasteiger partial charge in [-0.25, -0.2) is 0 Å². The molecule has 2 aromatic rings. The van der Waals surface area contributed by atoms with E-state index in [0.717, 1.165) is 28.5 Å². The summed E-state index contributed by atoms with van der Waals surface area (Å²) in [6, 6.07) is 12.1. The largest absolute Gasteiger partial charge is 0.492 e. The molecule has 0 saturated carbocycles. The molecule has 0 fully saturated rings. The maximum absolute atomic E-state index is 9.07. The van der Waals surface area contributed by atoms with Crippen molar-refractivity contribution in [3.63, 3.8) is 0 Å². The summed E-state index contributed by atoms with van der Waals surface area (Å²) >= 11 is 0. The van der Waals surface area contributed by atoms with Gasteiger partial charge in [0.1, 0.15) is 5.75 Å². The number of fused-ring (bicyclic) bond motifs is 1. The molecule has 2 rings (SSSR count). The Morgan fingerprint density at radius 1 is 1.14 bits per heavy atom. The molecule has 112 valence electrons. The Hall–Kier alpha value is -2.03. The van der Waals surface area contributed by atoms with Crippen molar-refractivity contribution in [2.45, 2.75) is 34.1 Å². The van der Waals surface area contributed by atoms with Gasteiger partial charge in [-0.2, -0.15) is 0 Å². The van der Waals surface area contributed by atoms with Crippen LogP contribution in [0.2, 0.25) is 0 Å². The SMILES string of the molecule is CC(=NO)c1ccc2ccccc2c1OCCC(C)(C)C. The molecule has 0 aliphatic rings. The van der Waals surface area contributed by atoms with Gasteiger partial charge in [-0.1, -0.05) is 56.3 Å². The molecule has 0 bridgehead atoms. The molecule has 0 aliphatic carbocycles. The van der Waals surface area contributed by atoms with Crippen LogP contribution >= 0.6 is 0 Å². The summed E-state index contributed by atoms with van der Waals surface area (Å²) < 4.78 is 6.06. The fraction of sp³-hybridized carbons (Fsp3) is 0.389. The quantitative estimate of drug-likeness (QED) is 0.495. The van der Waals surface area contributed by atoms with Crippen LogP contribution in [0.5, 0.6) is 5.75 Å². The molecule has 1 N–H and O–H groups in total. The zero-order valence-corrected chi connectivity index (χ0v) is 13.2. The van der Waals surface area contributed by atoms with Crippen LogP contribution < -0.4 is 4.74 Å². The first-order valence-corrected chi connectivity index (χ1v) is 7.26. The number of nitrogens with zero attached hydrogens (tertiary/aromatic N) is 1. The number of hydrogen-bond acceptors (Lipinski definition) is 3. The molecule has 0 saturated heterocycles. The number of benzene rings is 2. The third-order valence-corrected chi connectivity index (χ3v) is 3.52.